The molecule has 134 valence electrons. The number of hydrogen-bond acceptors (Lipinski definition) is 11. The molecule has 0 spiro atoms. The van der Waals surface area contributed by atoms with Gasteiger partial charge in [-0.3, -0.25) is 4.79 Å². The minimum Gasteiger partial charge on any atom is -0.389 e. The molecule has 1 fully saturated rings. The van der Waals surface area contributed by atoms with Gasteiger partial charge < -0.3 is 15.3 Å². The van der Waals surface area contributed by atoms with E-state index in [1.807, 2.05) is 24.3 Å². The van der Waals surface area contributed by atoms with Gasteiger partial charge in [-0.25, -0.2) is 4.98 Å². The second-order valence-electron chi connectivity index (χ2n) is 5.32. The predicted octanol–water partition coefficient (Wildman–Crippen LogP) is 2.56. The maximum Gasteiger partial charge on any atom is 0.252 e. The van der Waals surface area contributed by atoms with Crippen LogP contribution in [0.5, 0.6) is 0 Å². The van der Waals surface area contributed by atoms with E-state index in [0.29, 0.717) is 17.6 Å². The number of carbonyl (C=O) groups is 1. The summed E-state index contributed by atoms with van der Waals surface area (Å²) in [5.74, 6) is 0.157. The molecular weight excluding hydrogens is 394 g/mol. The van der Waals surface area contributed by atoms with Crippen molar-refractivity contribution in [2.75, 3.05) is 18.9 Å². The van der Waals surface area contributed by atoms with Gasteiger partial charge in [-0.05, 0) is 23.9 Å². The Bertz CT molecular complexity index is 931. The topological polar surface area (TPSA) is 113 Å². The average molecular weight is 408 g/mol. The number of oxime groups is 1. The SMILES string of the molecule is Nc1nc(/C(=N/OC2CCOC2)C(=O)Sc2nc3ccccc3s2)ns1. The molecule has 3 aromatic rings. The van der Waals surface area contributed by atoms with Crippen molar-refractivity contribution in [1.29, 1.82) is 0 Å². The van der Waals surface area contributed by atoms with Crippen LogP contribution >= 0.6 is 34.6 Å². The first-order valence-corrected chi connectivity index (χ1v) is 10.1. The van der Waals surface area contributed by atoms with Gasteiger partial charge in [0.05, 0.1) is 23.4 Å². The third-order valence-electron chi connectivity index (χ3n) is 3.48. The second kappa shape index (κ2) is 7.66. The quantitative estimate of drug-likeness (QED) is 0.390. The number of fused-ring (bicyclic) bond motifs is 1. The fraction of sp³-hybridized carbons (Fsp3) is 0.267. The number of benzene rings is 1. The molecule has 4 rings (SSSR count). The summed E-state index contributed by atoms with van der Waals surface area (Å²) in [7, 11) is 0. The van der Waals surface area contributed by atoms with E-state index in [1.165, 1.54) is 11.3 Å². The van der Waals surface area contributed by atoms with Crippen LogP contribution in [-0.4, -0.2) is 44.5 Å². The van der Waals surface area contributed by atoms with Crippen LogP contribution in [0.1, 0.15) is 12.2 Å². The van der Waals surface area contributed by atoms with E-state index in [2.05, 4.69) is 19.5 Å². The van der Waals surface area contributed by atoms with Gasteiger partial charge in [0.15, 0.2) is 15.6 Å². The molecule has 11 heteroatoms. The smallest absolute Gasteiger partial charge is 0.252 e. The van der Waals surface area contributed by atoms with E-state index >= 15 is 0 Å². The lowest BCUT2D eigenvalue weighted by Crippen LogP contribution is -2.17. The van der Waals surface area contributed by atoms with Gasteiger partial charge in [0, 0.05) is 18.0 Å². The van der Waals surface area contributed by atoms with Crippen molar-refractivity contribution < 1.29 is 14.4 Å². The molecule has 1 aliphatic heterocycles. The third kappa shape index (κ3) is 3.85. The summed E-state index contributed by atoms with van der Waals surface area (Å²) in [5, 5.41) is 3.92. The van der Waals surface area contributed by atoms with Gasteiger partial charge >= 0.3 is 0 Å². The lowest BCUT2D eigenvalue weighted by molar-refractivity contribution is -0.105. The number of para-hydroxylation sites is 1. The zero-order valence-corrected chi connectivity index (χ0v) is 15.8. The number of nitrogens with two attached hydrogens (primary N) is 1. The number of aromatic nitrogens is 3. The van der Waals surface area contributed by atoms with Gasteiger partial charge in [-0.15, -0.1) is 11.3 Å². The zero-order valence-electron chi connectivity index (χ0n) is 13.3. The molecule has 0 saturated carbocycles. The summed E-state index contributed by atoms with van der Waals surface area (Å²) in [4.78, 5) is 26.7. The highest BCUT2D eigenvalue weighted by atomic mass is 32.2. The average Bonchev–Trinajstić information content (AvgIpc) is 3.35. The molecule has 2 N–H and O–H groups in total. The molecule has 1 aromatic carbocycles. The van der Waals surface area contributed by atoms with Crippen LogP contribution in [0.2, 0.25) is 0 Å². The van der Waals surface area contributed by atoms with Crippen molar-refractivity contribution in [3.05, 3.63) is 30.1 Å². The zero-order chi connectivity index (χ0) is 17.9. The monoisotopic (exact) mass is 407 g/mol. The van der Waals surface area contributed by atoms with E-state index in [0.717, 1.165) is 39.9 Å². The summed E-state index contributed by atoms with van der Waals surface area (Å²) >= 11 is 3.41. The third-order valence-corrected chi connectivity index (χ3v) is 6.00. The van der Waals surface area contributed by atoms with Gasteiger partial charge in [-0.2, -0.15) is 9.36 Å². The maximum atomic E-state index is 12.8. The molecule has 1 aliphatic rings. The molecule has 0 amide bonds. The minimum absolute atomic E-state index is 0.0223. The lowest BCUT2D eigenvalue weighted by Gasteiger charge is -2.06. The predicted molar refractivity (Wildman–Crippen MR) is 102 cm³/mol. The number of anilines is 1. The van der Waals surface area contributed by atoms with Crippen LogP contribution < -0.4 is 5.73 Å². The van der Waals surface area contributed by atoms with Gasteiger partial charge in [0.25, 0.3) is 5.12 Å². The van der Waals surface area contributed by atoms with Crippen molar-refractivity contribution in [2.24, 2.45) is 5.16 Å². The summed E-state index contributed by atoms with van der Waals surface area (Å²) in [6.45, 7) is 1.06. The molecular formula is C15H13N5O3S3. The molecule has 2 aromatic heterocycles. The molecule has 1 saturated heterocycles. The largest absolute Gasteiger partial charge is 0.389 e. The first-order chi connectivity index (χ1) is 12.7. The van der Waals surface area contributed by atoms with Crippen LogP contribution in [0.3, 0.4) is 0 Å². The number of nitrogens with zero attached hydrogens (tertiary/aromatic N) is 4. The van der Waals surface area contributed by atoms with Crippen LogP contribution in [0.25, 0.3) is 10.2 Å². The standard InChI is InChI=1S/C15H13N5O3S3/c16-14-18-12(20-26-14)11(19-23-8-5-6-22-7-8)13(21)25-15-17-9-3-1-2-4-10(9)24-15/h1-4,8H,5-7H2,(H2,16,18,20)/b19-11-. The summed E-state index contributed by atoms with van der Waals surface area (Å²) in [6.07, 6.45) is 0.545. The number of ether oxygens (including phenoxy) is 1. The Morgan fingerprint density at radius 3 is 3.00 bits per heavy atom. The van der Waals surface area contributed by atoms with Gasteiger partial charge in [0.1, 0.15) is 0 Å². The Balaban J connectivity index is 1.57. The van der Waals surface area contributed by atoms with Crippen molar-refractivity contribution >= 4 is 60.8 Å². The van der Waals surface area contributed by atoms with Crippen LogP contribution in [-0.2, 0) is 14.4 Å². The summed E-state index contributed by atoms with van der Waals surface area (Å²) in [5.41, 5.74) is 6.51. The van der Waals surface area contributed by atoms with Crippen LogP contribution in [0, 0.1) is 0 Å². The van der Waals surface area contributed by atoms with E-state index in [-0.39, 0.29) is 27.9 Å². The van der Waals surface area contributed by atoms with Crippen LogP contribution in [0.4, 0.5) is 5.13 Å². The molecule has 26 heavy (non-hydrogen) atoms. The fourth-order valence-corrected chi connectivity index (χ4v) is 4.57. The maximum absolute atomic E-state index is 12.8. The highest BCUT2D eigenvalue weighted by Crippen LogP contribution is 2.30. The Hall–Kier alpha value is -2.08. The molecule has 0 bridgehead atoms. The summed E-state index contributed by atoms with van der Waals surface area (Å²) < 4.78 is 11.0. The number of carbonyl (C=O) groups excluding carboxylic acids is 1. The number of rotatable bonds is 5. The van der Waals surface area contributed by atoms with Crippen LogP contribution in [0.15, 0.2) is 33.8 Å². The highest BCUT2D eigenvalue weighted by molar-refractivity contribution is 8.16. The van der Waals surface area contributed by atoms with Crippen molar-refractivity contribution in [1.82, 2.24) is 14.3 Å². The Morgan fingerprint density at radius 1 is 1.38 bits per heavy atom. The molecule has 3 heterocycles. The second-order valence-corrected chi connectivity index (χ2v) is 8.36. The number of nitrogen functional groups attached to an aromatic ring is 1. The molecule has 1 atom stereocenters. The molecule has 0 aliphatic carbocycles. The molecule has 1 unspecified atom stereocenters. The molecule has 0 radical (unpaired) electrons. The van der Waals surface area contributed by atoms with Crippen molar-refractivity contribution in [3.8, 4) is 0 Å². The van der Waals surface area contributed by atoms with Crippen molar-refractivity contribution in [3.63, 3.8) is 0 Å². The number of thiazole rings is 1. The van der Waals surface area contributed by atoms with Crippen molar-refractivity contribution in [2.45, 2.75) is 16.9 Å². The Labute approximate surface area is 160 Å². The van der Waals surface area contributed by atoms with E-state index in [9.17, 15) is 4.79 Å². The first-order valence-electron chi connectivity index (χ1n) is 7.68. The fourth-order valence-electron chi connectivity index (χ4n) is 2.25. The Morgan fingerprint density at radius 2 is 2.27 bits per heavy atom. The summed E-state index contributed by atoms with van der Waals surface area (Å²) in [6, 6.07) is 7.71. The lowest BCUT2D eigenvalue weighted by atomic mass is 10.3. The van der Waals surface area contributed by atoms with E-state index in [1.54, 1.807) is 0 Å². The van der Waals surface area contributed by atoms with Gasteiger partial charge in [-0.1, -0.05) is 17.3 Å². The number of thioether (sulfide) groups is 1. The molecule has 8 nitrogen and oxygen atoms in total. The van der Waals surface area contributed by atoms with E-state index in [4.69, 9.17) is 15.3 Å². The Kier molecular flexibility index (Phi) is 5.11. The highest BCUT2D eigenvalue weighted by Gasteiger charge is 2.24. The van der Waals surface area contributed by atoms with E-state index < -0.39 is 0 Å². The normalized spacial score (nSPS) is 17.7. The number of hydrogen-bond donors (Lipinski definition) is 1. The first kappa shape index (κ1) is 17.3. The minimum atomic E-state index is -0.347. The van der Waals surface area contributed by atoms with Gasteiger partial charge in [0.2, 0.25) is 11.5 Å².